The van der Waals surface area contributed by atoms with Gasteiger partial charge >= 0.3 is 0 Å². The molecule has 0 N–H and O–H groups in total. The molecule has 0 heterocycles. The summed E-state index contributed by atoms with van der Waals surface area (Å²) < 4.78 is 0. The van der Waals surface area contributed by atoms with Crippen LogP contribution in [0.4, 0.5) is 0 Å². The molecule has 0 radical (unpaired) electrons. The highest BCUT2D eigenvalue weighted by molar-refractivity contribution is 5.96. The van der Waals surface area contributed by atoms with E-state index in [1.807, 2.05) is 0 Å². The molecule has 0 aromatic heterocycles. The maximum atomic E-state index is 2.55. The standard InChI is InChI=1S/C49H38/c1-3-11-33(12-4-1)35-19-23-37(24-20-35)39-27-29-43-44-30-28-40(38-25-21-36(22-26-38)34-13-5-2-6-14-34)32-48(44)49(47(43)31-39)45-17-9-7-15-41(45)42-16-8-10-18-46(42)49/h1-5,7-13,15-19,21,23,25,27-32H,6,14,20,22,24,26H2. The fourth-order valence-corrected chi connectivity index (χ4v) is 9.32. The quantitative estimate of drug-likeness (QED) is 0.182. The van der Waals surface area contributed by atoms with Gasteiger partial charge in [-0.05, 0) is 140 Å². The van der Waals surface area contributed by atoms with Gasteiger partial charge in [0.05, 0.1) is 5.41 Å². The molecule has 49 heavy (non-hydrogen) atoms. The molecule has 5 aromatic carbocycles. The van der Waals surface area contributed by atoms with Crippen LogP contribution >= 0.6 is 0 Å². The minimum Gasteiger partial charge on any atom is -0.0842 e. The van der Waals surface area contributed by atoms with Gasteiger partial charge in [0.25, 0.3) is 0 Å². The Kier molecular flexibility index (Phi) is 6.59. The maximum Gasteiger partial charge on any atom is 0.0725 e. The summed E-state index contributed by atoms with van der Waals surface area (Å²) >= 11 is 0. The van der Waals surface area contributed by atoms with Gasteiger partial charge in [0.2, 0.25) is 0 Å². The predicted octanol–water partition coefficient (Wildman–Crippen LogP) is 12.7. The molecule has 0 amide bonds. The molecule has 0 aliphatic heterocycles. The minimum absolute atomic E-state index is 0.348. The first-order valence-corrected chi connectivity index (χ1v) is 18.0. The van der Waals surface area contributed by atoms with Gasteiger partial charge in [-0.15, -0.1) is 0 Å². The van der Waals surface area contributed by atoms with Crippen molar-refractivity contribution in [2.45, 2.75) is 43.9 Å². The molecule has 0 saturated heterocycles. The van der Waals surface area contributed by atoms with Gasteiger partial charge in [-0.3, -0.25) is 0 Å². The second-order valence-electron chi connectivity index (χ2n) is 14.2. The summed E-state index contributed by atoms with van der Waals surface area (Å²) in [5.74, 6) is 0. The van der Waals surface area contributed by atoms with E-state index in [2.05, 4.69) is 158 Å². The highest BCUT2D eigenvalue weighted by Gasteiger charge is 2.51. The molecule has 5 aliphatic rings. The number of fused-ring (bicyclic) bond motifs is 10. The van der Waals surface area contributed by atoms with Crippen LogP contribution in [0.3, 0.4) is 0 Å². The van der Waals surface area contributed by atoms with Crippen LogP contribution in [0, 0.1) is 0 Å². The molecule has 234 valence electrons. The van der Waals surface area contributed by atoms with E-state index >= 15 is 0 Å². The summed E-state index contributed by atoms with van der Waals surface area (Å²) in [6.07, 6.45) is 22.9. The highest BCUT2D eigenvalue weighted by atomic mass is 14.5. The molecule has 0 fully saturated rings. The molecule has 0 unspecified atom stereocenters. The van der Waals surface area contributed by atoms with Crippen molar-refractivity contribution < 1.29 is 0 Å². The van der Waals surface area contributed by atoms with Crippen molar-refractivity contribution in [1.29, 1.82) is 0 Å². The Balaban J connectivity index is 1.14. The average molecular weight is 627 g/mol. The Morgan fingerprint density at radius 3 is 1.35 bits per heavy atom. The molecule has 0 atom stereocenters. The Labute approximate surface area is 289 Å². The third kappa shape index (κ3) is 4.37. The first-order valence-electron chi connectivity index (χ1n) is 18.0. The van der Waals surface area contributed by atoms with E-state index in [1.54, 1.807) is 0 Å². The third-order valence-corrected chi connectivity index (χ3v) is 11.7. The lowest BCUT2D eigenvalue weighted by Crippen LogP contribution is -2.26. The summed E-state index contributed by atoms with van der Waals surface area (Å²) in [5.41, 5.74) is 22.1. The topological polar surface area (TPSA) is 0 Å². The van der Waals surface area contributed by atoms with Crippen LogP contribution in [0.5, 0.6) is 0 Å². The van der Waals surface area contributed by atoms with Crippen molar-refractivity contribution in [2.24, 2.45) is 0 Å². The van der Waals surface area contributed by atoms with Crippen LogP contribution < -0.4 is 0 Å². The fourth-order valence-electron chi connectivity index (χ4n) is 9.32. The smallest absolute Gasteiger partial charge is 0.0725 e. The summed E-state index contributed by atoms with van der Waals surface area (Å²) in [6.45, 7) is 0. The van der Waals surface area contributed by atoms with E-state index in [-0.39, 0.29) is 5.41 Å². The van der Waals surface area contributed by atoms with Gasteiger partial charge in [0.15, 0.2) is 0 Å². The van der Waals surface area contributed by atoms with Crippen molar-refractivity contribution in [1.82, 2.24) is 0 Å². The fraction of sp³-hybridized carbons (Fsp3) is 0.143. The number of rotatable bonds is 4. The summed E-state index contributed by atoms with van der Waals surface area (Å²) in [6, 6.07) is 43.9. The van der Waals surface area contributed by atoms with Crippen molar-refractivity contribution >= 4 is 16.7 Å². The van der Waals surface area contributed by atoms with E-state index in [0.717, 1.165) is 38.5 Å². The van der Waals surface area contributed by atoms with E-state index in [9.17, 15) is 0 Å². The lowest BCUT2D eigenvalue weighted by atomic mass is 9.69. The second kappa shape index (κ2) is 11.3. The van der Waals surface area contributed by atoms with Gasteiger partial charge in [-0.25, -0.2) is 0 Å². The van der Waals surface area contributed by atoms with E-state index in [4.69, 9.17) is 0 Å². The lowest BCUT2D eigenvalue weighted by molar-refractivity contribution is 0.792. The summed E-state index contributed by atoms with van der Waals surface area (Å²) in [7, 11) is 0. The van der Waals surface area contributed by atoms with Crippen molar-refractivity contribution in [3.8, 4) is 22.3 Å². The SMILES string of the molecule is C1=CCCC(C2=CC=C(c3ccc4c(c3)C3(c5ccccc5-c5ccccc53)c3cc(C5=CC=C(c6ccccc6)CC5)ccc3-4)CC2)=C1. The van der Waals surface area contributed by atoms with Crippen LogP contribution in [0.1, 0.15) is 77.5 Å². The first-order chi connectivity index (χ1) is 24.3. The van der Waals surface area contributed by atoms with E-state index in [1.165, 1.54) is 89.1 Å². The maximum absolute atomic E-state index is 2.55. The van der Waals surface area contributed by atoms with Crippen LogP contribution in [-0.2, 0) is 5.41 Å². The molecule has 5 aromatic rings. The summed E-state index contributed by atoms with van der Waals surface area (Å²) in [5, 5.41) is 0. The van der Waals surface area contributed by atoms with Crippen molar-refractivity contribution in [3.63, 3.8) is 0 Å². The second-order valence-corrected chi connectivity index (χ2v) is 14.2. The predicted molar refractivity (Wildman–Crippen MR) is 206 cm³/mol. The minimum atomic E-state index is -0.348. The lowest BCUT2D eigenvalue weighted by Gasteiger charge is -2.31. The van der Waals surface area contributed by atoms with Gasteiger partial charge in [-0.1, -0.05) is 146 Å². The molecule has 0 nitrogen and oxygen atoms in total. The van der Waals surface area contributed by atoms with Crippen LogP contribution in [0.15, 0.2) is 169 Å². The van der Waals surface area contributed by atoms with Gasteiger partial charge in [0.1, 0.15) is 0 Å². The number of hydrogen-bond donors (Lipinski definition) is 0. The first kappa shape index (κ1) is 28.5. The number of allylic oxidation sites excluding steroid dienone is 12. The molecular formula is C49H38. The monoisotopic (exact) mass is 626 g/mol. The van der Waals surface area contributed by atoms with Crippen molar-refractivity contribution in [2.75, 3.05) is 0 Å². The molecule has 5 aliphatic carbocycles. The van der Waals surface area contributed by atoms with Gasteiger partial charge in [0, 0.05) is 0 Å². The normalized spacial score (nSPS) is 18.0. The zero-order valence-electron chi connectivity index (χ0n) is 27.8. The van der Waals surface area contributed by atoms with Gasteiger partial charge < -0.3 is 0 Å². The largest absolute Gasteiger partial charge is 0.0842 e. The molecule has 1 spiro atoms. The molecule has 10 rings (SSSR count). The van der Waals surface area contributed by atoms with E-state index in [0.29, 0.717) is 0 Å². The Morgan fingerprint density at radius 1 is 0.347 bits per heavy atom. The molecule has 0 saturated carbocycles. The Hall–Kier alpha value is -5.46. The number of benzene rings is 5. The van der Waals surface area contributed by atoms with Crippen LogP contribution in [0.2, 0.25) is 0 Å². The van der Waals surface area contributed by atoms with Crippen LogP contribution in [-0.4, -0.2) is 0 Å². The van der Waals surface area contributed by atoms with Crippen molar-refractivity contribution in [3.05, 3.63) is 208 Å². The number of hydrogen-bond acceptors (Lipinski definition) is 0. The summed E-state index contributed by atoms with van der Waals surface area (Å²) in [4.78, 5) is 0. The molecule has 0 bridgehead atoms. The van der Waals surface area contributed by atoms with Crippen LogP contribution in [0.25, 0.3) is 39.0 Å². The highest BCUT2D eigenvalue weighted by Crippen LogP contribution is 2.63. The van der Waals surface area contributed by atoms with Gasteiger partial charge in [-0.2, -0.15) is 0 Å². The Morgan fingerprint density at radius 2 is 0.816 bits per heavy atom. The van der Waals surface area contributed by atoms with E-state index < -0.39 is 0 Å². The molecular weight excluding hydrogens is 589 g/mol. The average Bonchev–Trinajstić information content (AvgIpc) is 3.65. The third-order valence-electron chi connectivity index (χ3n) is 11.7. The zero-order valence-corrected chi connectivity index (χ0v) is 27.8. The zero-order chi connectivity index (χ0) is 32.4. The Bertz CT molecular complexity index is 2320. The molecule has 0 heteroatoms.